The Balaban J connectivity index is 1.72. The summed E-state index contributed by atoms with van der Waals surface area (Å²) >= 11 is 6.18. The number of urea groups is 1. The Kier molecular flexibility index (Phi) is 5.61. The summed E-state index contributed by atoms with van der Waals surface area (Å²) in [5.41, 5.74) is 2.05. The van der Waals surface area contributed by atoms with Crippen molar-refractivity contribution in [3.63, 3.8) is 0 Å². The van der Waals surface area contributed by atoms with Crippen molar-refractivity contribution in [3.05, 3.63) is 81.6 Å². The summed E-state index contributed by atoms with van der Waals surface area (Å²) in [5, 5.41) is 11.7. The van der Waals surface area contributed by atoms with E-state index >= 15 is 0 Å². The molecule has 9 heteroatoms. The highest BCUT2D eigenvalue weighted by molar-refractivity contribution is 6.39. The molecule has 1 aromatic heterocycles. The number of barbiturate groups is 1. The third-order valence-electron chi connectivity index (χ3n) is 5.31. The van der Waals surface area contributed by atoms with Gasteiger partial charge in [0.15, 0.2) is 0 Å². The fourth-order valence-corrected chi connectivity index (χ4v) is 3.63. The van der Waals surface area contributed by atoms with Gasteiger partial charge >= 0.3 is 12.0 Å². The number of hydrogen-bond acceptors (Lipinski definition) is 5. The van der Waals surface area contributed by atoms with Crippen LogP contribution in [0, 0.1) is 13.8 Å². The van der Waals surface area contributed by atoms with Gasteiger partial charge in [-0.3, -0.25) is 14.9 Å². The molecule has 1 saturated heterocycles. The Bertz CT molecular complexity index is 1370. The predicted octanol–water partition coefficient (Wildman–Crippen LogP) is 4.58. The Morgan fingerprint density at radius 1 is 1.09 bits per heavy atom. The molecule has 0 radical (unpaired) electrons. The van der Waals surface area contributed by atoms with Crippen molar-refractivity contribution in [1.29, 1.82) is 0 Å². The van der Waals surface area contributed by atoms with Gasteiger partial charge in [-0.25, -0.2) is 14.5 Å². The summed E-state index contributed by atoms with van der Waals surface area (Å²) in [6, 6.07) is 11.6. The number of imide groups is 2. The highest BCUT2D eigenvalue weighted by Crippen LogP contribution is 2.32. The largest absolute Gasteiger partial charge is 0.478 e. The number of halogens is 1. The third-order valence-corrected chi connectivity index (χ3v) is 5.64. The summed E-state index contributed by atoms with van der Waals surface area (Å²) in [6.45, 7) is 3.63. The zero-order valence-corrected chi connectivity index (χ0v) is 18.3. The molecule has 4 amide bonds. The average Bonchev–Trinajstić information content (AvgIpc) is 3.22. The van der Waals surface area contributed by atoms with E-state index in [1.165, 1.54) is 36.4 Å². The van der Waals surface area contributed by atoms with E-state index in [2.05, 4.69) is 5.32 Å². The first kappa shape index (κ1) is 22.0. The van der Waals surface area contributed by atoms with E-state index in [1.54, 1.807) is 19.1 Å². The number of anilines is 1. The summed E-state index contributed by atoms with van der Waals surface area (Å²) in [7, 11) is 0. The molecule has 2 heterocycles. The van der Waals surface area contributed by atoms with Crippen LogP contribution in [0.25, 0.3) is 17.4 Å². The summed E-state index contributed by atoms with van der Waals surface area (Å²) in [5.74, 6) is -2.36. The van der Waals surface area contributed by atoms with Gasteiger partial charge in [0.05, 0.1) is 16.3 Å². The number of carboxylic acids is 1. The van der Waals surface area contributed by atoms with Crippen molar-refractivity contribution in [2.45, 2.75) is 13.8 Å². The van der Waals surface area contributed by atoms with Crippen LogP contribution < -0.4 is 10.2 Å². The molecule has 8 nitrogen and oxygen atoms in total. The monoisotopic (exact) mass is 464 g/mol. The molecule has 2 N–H and O–H groups in total. The normalized spacial score (nSPS) is 15.2. The zero-order valence-electron chi connectivity index (χ0n) is 17.5. The minimum Gasteiger partial charge on any atom is -0.478 e. The Labute approximate surface area is 193 Å². The number of nitrogens with zero attached hydrogens (tertiary/aromatic N) is 1. The standard InChI is InChI=1S/C24H17ClN2O6/c1-12-4-3-5-19(13(12)2)27-22(29)17(21(28)26-24(27)32)11-15-7-9-20(33-15)16-10-14(23(30)31)6-8-18(16)25/h3-11H,1-2H3,(H,30,31)(H,26,28,32). The van der Waals surface area contributed by atoms with E-state index < -0.39 is 23.8 Å². The fourth-order valence-electron chi connectivity index (χ4n) is 3.42. The third kappa shape index (κ3) is 4.04. The molecule has 166 valence electrons. The fraction of sp³-hybridized carbons (Fsp3) is 0.0833. The minimum atomic E-state index is -1.12. The lowest BCUT2D eigenvalue weighted by Gasteiger charge is -2.27. The SMILES string of the molecule is Cc1cccc(N2C(=O)NC(=O)C(=Cc3ccc(-c4cc(C(=O)O)ccc4Cl)o3)C2=O)c1C. The molecular weight excluding hydrogens is 448 g/mol. The molecule has 0 unspecified atom stereocenters. The molecule has 33 heavy (non-hydrogen) atoms. The van der Waals surface area contributed by atoms with Gasteiger partial charge in [0.25, 0.3) is 11.8 Å². The molecule has 4 rings (SSSR count). The van der Waals surface area contributed by atoms with Gasteiger partial charge < -0.3 is 9.52 Å². The number of furan rings is 1. The maximum atomic E-state index is 13.1. The molecule has 0 atom stereocenters. The Hall–Kier alpha value is -4.17. The molecule has 1 fully saturated rings. The average molecular weight is 465 g/mol. The number of amides is 4. The number of carbonyl (C=O) groups is 4. The first-order valence-corrected chi connectivity index (χ1v) is 10.2. The number of aryl methyl sites for hydroxylation is 1. The molecule has 1 aliphatic rings. The highest BCUT2D eigenvalue weighted by Gasteiger charge is 2.37. The molecule has 1 aliphatic heterocycles. The molecular formula is C24H17ClN2O6. The van der Waals surface area contributed by atoms with E-state index in [0.29, 0.717) is 11.3 Å². The van der Waals surface area contributed by atoms with Crippen molar-refractivity contribution < 1.29 is 28.7 Å². The van der Waals surface area contributed by atoms with Crippen molar-refractivity contribution in [2.75, 3.05) is 4.90 Å². The quantitative estimate of drug-likeness (QED) is 0.431. The Morgan fingerprint density at radius 3 is 2.58 bits per heavy atom. The molecule has 0 saturated carbocycles. The molecule has 3 aromatic rings. The summed E-state index contributed by atoms with van der Waals surface area (Å²) in [4.78, 5) is 50.2. The van der Waals surface area contributed by atoms with Gasteiger partial charge in [0.1, 0.15) is 17.1 Å². The van der Waals surface area contributed by atoms with Gasteiger partial charge in [-0.2, -0.15) is 0 Å². The topological polar surface area (TPSA) is 117 Å². The van der Waals surface area contributed by atoms with Crippen LogP contribution in [0.3, 0.4) is 0 Å². The lowest BCUT2D eigenvalue weighted by Crippen LogP contribution is -2.54. The van der Waals surface area contributed by atoms with E-state index in [0.717, 1.165) is 16.0 Å². The van der Waals surface area contributed by atoms with Gasteiger partial charge in [0, 0.05) is 5.56 Å². The maximum Gasteiger partial charge on any atom is 0.335 e. The van der Waals surface area contributed by atoms with Crippen molar-refractivity contribution in [2.24, 2.45) is 0 Å². The second-order valence-corrected chi connectivity index (χ2v) is 7.79. The summed E-state index contributed by atoms with van der Waals surface area (Å²) in [6.07, 6.45) is 1.22. The van der Waals surface area contributed by atoms with E-state index in [1.807, 2.05) is 13.0 Å². The van der Waals surface area contributed by atoms with Crippen LogP contribution in [0.1, 0.15) is 27.2 Å². The second-order valence-electron chi connectivity index (χ2n) is 7.38. The Morgan fingerprint density at radius 2 is 1.85 bits per heavy atom. The number of aromatic carboxylic acids is 1. The molecule has 2 aromatic carbocycles. The number of hydrogen-bond donors (Lipinski definition) is 2. The smallest absolute Gasteiger partial charge is 0.335 e. The van der Waals surface area contributed by atoms with E-state index in [4.69, 9.17) is 16.0 Å². The molecule has 0 bridgehead atoms. The number of nitrogens with one attached hydrogen (secondary N) is 1. The lowest BCUT2D eigenvalue weighted by molar-refractivity contribution is -0.122. The van der Waals surface area contributed by atoms with Gasteiger partial charge in [-0.1, -0.05) is 23.7 Å². The van der Waals surface area contributed by atoms with E-state index in [9.17, 15) is 24.3 Å². The first-order chi connectivity index (χ1) is 15.7. The van der Waals surface area contributed by atoms with Crippen LogP contribution in [0.2, 0.25) is 5.02 Å². The first-order valence-electron chi connectivity index (χ1n) is 9.78. The van der Waals surface area contributed by atoms with Crippen LogP contribution in [0.4, 0.5) is 10.5 Å². The molecule has 0 aliphatic carbocycles. The predicted molar refractivity (Wildman–Crippen MR) is 121 cm³/mol. The van der Waals surface area contributed by atoms with Crippen LogP contribution >= 0.6 is 11.6 Å². The number of rotatable bonds is 4. The summed E-state index contributed by atoms with van der Waals surface area (Å²) < 4.78 is 5.71. The van der Waals surface area contributed by atoms with E-state index in [-0.39, 0.29) is 27.7 Å². The van der Waals surface area contributed by atoms with Crippen molar-refractivity contribution in [3.8, 4) is 11.3 Å². The van der Waals surface area contributed by atoms with Crippen LogP contribution in [-0.2, 0) is 9.59 Å². The van der Waals surface area contributed by atoms with Crippen LogP contribution in [0.5, 0.6) is 0 Å². The second kappa shape index (κ2) is 8.40. The highest BCUT2D eigenvalue weighted by atomic mass is 35.5. The van der Waals surface area contributed by atoms with Crippen LogP contribution in [0.15, 0.2) is 58.5 Å². The number of carboxylic acid groups (broad SMARTS) is 1. The van der Waals surface area contributed by atoms with Gasteiger partial charge in [-0.05, 0) is 67.4 Å². The zero-order chi connectivity index (χ0) is 23.9. The number of benzene rings is 2. The lowest BCUT2D eigenvalue weighted by atomic mass is 10.0. The van der Waals surface area contributed by atoms with Crippen LogP contribution in [-0.4, -0.2) is 28.9 Å². The minimum absolute atomic E-state index is 0.0234. The van der Waals surface area contributed by atoms with Gasteiger partial charge in [0.2, 0.25) is 0 Å². The molecule has 0 spiro atoms. The van der Waals surface area contributed by atoms with Crippen molar-refractivity contribution >= 4 is 47.2 Å². The van der Waals surface area contributed by atoms with Crippen molar-refractivity contribution in [1.82, 2.24) is 5.32 Å². The van der Waals surface area contributed by atoms with Gasteiger partial charge in [-0.15, -0.1) is 0 Å². The maximum absolute atomic E-state index is 13.1. The number of carbonyl (C=O) groups excluding carboxylic acids is 3.